The lowest BCUT2D eigenvalue weighted by atomic mass is 10.1. The summed E-state index contributed by atoms with van der Waals surface area (Å²) in [5, 5.41) is 2.86. The molecule has 8 heteroatoms. The van der Waals surface area contributed by atoms with Crippen LogP contribution in [-0.4, -0.2) is 33.9 Å². The van der Waals surface area contributed by atoms with E-state index in [1.54, 1.807) is 18.5 Å². The highest BCUT2D eigenvalue weighted by Crippen LogP contribution is 2.28. The molecule has 4 rings (SSSR count). The van der Waals surface area contributed by atoms with E-state index in [1.807, 2.05) is 6.07 Å². The summed E-state index contributed by atoms with van der Waals surface area (Å²) in [7, 11) is 0. The number of aromatic nitrogens is 3. The second kappa shape index (κ2) is 8.22. The summed E-state index contributed by atoms with van der Waals surface area (Å²) in [5.74, 6) is -0.997. The summed E-state index contributed by atoms with van der Waals surface area (Å²) >= 11 is 0. The molecule has 148 valence electrons. The zero-order chi connectivity index (χ0) is 20.2. The van der Waals surface area contributed by atoms with Gasteiger partial charge in [0.1, 0.15) is 5.69 Å². The van der Waals surface area contributed by atoms with E-state index < -0.39 is 11.7 Å². The van der Waals surface area contributed by atoms with Crippen LogP contribution < -0.4 is 16.0 Å². The van der Waals surface area contributed by atoms with Crippen LogP contribution in [0.3, 0.4) is 0 Å². The third-order valence-electron chi connectivity index (χ3n) is 4.89. The molecule has 0 radical (unpaired) electrons. The lowest BCUT2D eigenvalue weighted by molar-refractivity contribution is 0.102. The summed E-state index contributed by atoms with van der Waals surface area (Å²) < 4.78 is 14.1. The summed E-state index contributed by atoms with van der Waals surface area (Å²) in [4.78, 5) is 27.6. The fourth-order valence-corrected chi connectivity index (χ4v) is 3.43. The molecule has 1 fully saturated rings. The number of amides is 1. The Morgan fingerprint density at radius 3 is 2.72 bits per heavy atom. The first-order chi connectivity index (χ1) is 14.1. The molecule has 3 aromatic rings. The molecule has 0 spiro atoms. The second-order valence-corrected chi connectivity index (χ2v) is 6.86. The van der Waals surface area contributed by atoms with E-state index in [1.165, 1.54) is 30.8 Å². The van der Waals surface area contributed by atoms with Crippen LogP contribution in [-0.2, 0) is 0 Å². The molecular weight excluding hydrogens is 371 g/mol. The molecule has 0 aliphatic carbocycles. The van der Waals surface area contributed by atoms with Gasteiger partial charge in [0.2, 0.25) is 0 Å². The van der Waals surface area contributed by atoms with Gasteiger partial charge in [0.25, 0.3) is 5.91 Å². The van der Waals surface area contributed by atoms with E-state index in [-0.39, 0.29) is 22.8 Å². The average Bonchev–Trinajstić information content (AvgIpc) is 2.75. The minimum Gasteiger partial charge on any atom is -0.397 e. The standard InChI is InChI=1S/C21H21FN6O/c22-14-5-4-9-25-19(14)16-7-6-15(23)20(26-16)21(29)27-17-13-24-10-8-18(17)28-11-2-1-3-12-28/h4-10,13H,1-3,11-12,23H2,(H,27,29). The van der Waals surface area contributed by atoms with Gasteiger partial charge in [-0.1, -0.05) is 0 Å². The third-order valence-corrected chi connectivity index (χ3v) is 4.89. The first-order valence-electron chi connectivity index (χ1n) is 9.51. The maximum atomic E-state index is 14.1. The van der Waals surface area contributed by atoms with Crippen molar-refractivity contribution in [1.82, 2.24) is 15.0 Å². The Morgan fingerprint density at radius 2 is 1.93 bits per heavy atom. The predicted octanol–water partition coefficient (Wildman–Crippen LogP) is 3.50. The van der Waals surface area contributed by atoms with Crippen molar-refractivity contribution >= 4 is 23.0 Å². The molecule has 1 saturated heterocycles. The van der Waals surface area contributed by atoms with E-state index in [0.717, 1.165) is 31.6 Å². The molecule has 1 aliphatic rings. The molecule has 3 aromatic heterocycles. The number of nitrogen functional groups attached to an aromatic ring is 1. The van der Waals surface area contributed by atoms with Crippen molar-refractivity contribution in [1.29, 1.82) is 0 Å². The minimum atomic E-state index is -0.518. The van der Waals surface area contributed by atoms with Gasteiger partial charge in [-0.2, -0.15) is 0 Å². The number of carbonyl (C=O) groups is 1. The SMILES string of the molecule is Nc1ccc(-c2ncccc2F)nc1C(=O)Nc1cnccc1N1CCCCC1. The Balaban J connectivity index is 1.63. The van der Waals surface area contributed by atoms with Gasteiger partial charge in [-0.15, -0.1) is 0 Å². The van der Waals surface area contributed by atoms with Crippen LogP contribution in [0.1, 0.15) is 29.8 Å². The molecule has 0 atom stereocenters. The van der Waals surface area contributed by atoms with E-state index >= 15 is 0 Å². The molecule has 1 amide bonds. The van der Waals surface area contributed by atoms with Gasteiger partial charge < -0.3 is 16.0 Å². The van der Waals surface area contributed by atoms with Crippen molar-refractivity contribution in [2.45, 2.75) is 19.3 Å². The Labute approximate surface area is 167 Å². The number of pyridine rings is 3. The molecular formula is C21H21FN6O. The molecule has 0 saturated carbocycles. The van der Waals surface area contributed by atoms with Gasteiger partial charge in [-0.05, 0) is 49.6 Å². The topological polar surface area (TPSA) is 97.0 Å². The number of nitrogens with two attached hydrogens (primary N) is 1. The predicted molar refractivity (Wildman–Crippen MR) is 110 cm³/mol. The summed E-state index contributed by atoms with van der Waals surface area (Å²) in [5.41, 5.74) is 8.01. The largest absolute Gasteiger partial charge is 0.397 e. The van der Waals surface area contributed by atoms with Crippen molar-refractivity contribution in [3.8, 4) is 11.4 Å². The van der Waals surface area contributed by atoms with Crippen LogP contribution in [0.2, 0.25) is 0 Å². The number of nitrogens with one attached hydrogen (secondary N) is 1. The Morgan fingerprint density at radius 1 is 1.10 bits per heavy atom. The molecule has 1 aliphatic heterocycles. The number of hydrogen-bond donors (Lipinski definition) is 2. The molecule has 4 heterocycles. The van der Waals surface area contributed by atoms with E-state index in [2.05, 4.69) is 25.2 Å². The van der Waals surface area contributed by atoms with Crippen LogP contribution in [0.25, 0.3) is 11.4 Å². The average molecular weight is 392 g/mol. The molecule has 7 nitrogen and oxygen atoms in total. The highest BCUT2D eigenvalue weighted by molar-refractivity contribution is 6.07. The van der Waals surface area contributed by atoms with Crippen LogP contribution in [0.4, 0.5) is 21.5 Å². The maximum absolute atomic E-state index is 14.1. The molecule has 0 unspecified atom stereocenters. The summed E-state index contributed by atoms with van der Waals surface area (Å²) in [6.07, 6.45) is 8.22. The van der Waals surface area contributed by atoms with E-state index in [4.69, 9.17) is 5.73 Å². The number of halogens is 1. The van der Waals surface area contributed by atoms with Gasteiger partial charge in [-0.25, -0.2) is 9.37 Å². The Bertz CT molecular complexity index is 1040. The first-order valence-corrected chi connectivity index (χ1v) is 9.51. The van der Waals surface area contributed by atoms with E-state index in [9.17, 15) is 9.18 Å². The minimum absolute atomic E-state index is 0.0148. The Kier molecular flexibility index (Phi) is 5.33. The normalized spacial score (nSPS) is 13.9. The highest BCUT2D eigenvalue weighted by atomic mass is 19.1. The second-order valence-electron chi connectivity index (χ2n) is 6.86. The van der Waals surface area contributed by atoms with Crippen LogP contribution in [0.5, 0.6) is 0 Å². The lowest BCUT2D eigenvalue weighted by Crippen LogP contribution is -2.30. The number of rotatable bonds is 4. The van der Waals surface area contributed by atoms with Crippen LogP contribution >= 0.6 is 0 Å². The van der Waals surface area contributed by atoms with Gasteiger partial charge in [0.05, 0.1) is 29.0 Å². The number of piperidine rings is 1. The van der Waals surface area contributed by atoms with Gasteiger partial charge >= 0.3 is 0 Å². The maximum Gasteiger partial charge on any atom is 0.276 e. The first kappa shape index (κ1) is 18.8. The monoisotopic (exact) mass is 392 g/mol. The highest BCUT2D eigenvalue weighted by Gasteiger charge is 2.19. The lowest BCUT2D eigenvalue weighted by Gasteiger charge is -2.30. The number of anilines is 3. The fourth-order valence-electron chi connectivity index (χ4n) is 3.43. The summed E-state index contributed by atoms with van der Waals surface area (Å²) in [6, 6.07) is 7.74. The fraction of sp³-hybridized carbons (Fsp3) is 0.238. The third kappa shape index (κ3) is 4.01. The smallest absolute Gasteiger partial charge is 0.276 e. The summed E-state index contributed by atoms with van der Waals surface area (Å²) in [6.45, 7) is 1.86. The number of carbonyl (C=O) groups excluding carboxylic acids is 1. The van der Waals surface area contributed by atoms with Crippen LogP contribution in [0, 0.1) is 5.82 Å². The quantitative estimate of drug-likeness (QED) is 0.705. The van der Waals surface area contributed by atoms with Gasteiger partial charge in [0, 0.05) is 25.5 Å². The van der Waals surface area contributed by atoms with E-state index in [0.29, 0.717) is 5.69 Å². The zero-order valence-electron chi connectivity index (χ0n) is 15.8. The van der Waals surface area contributed by atoms with Crippen molar-refractivity contribution in [2.24, 2.45) is 0 Å². The van der Waals surface area contributed by atoms with Gasteiger partial charge in [-0.3, -0.25) is 14.8 Å². The van der Waals surface area contributed by atoms with Crippen molar-refractivity contribution in [2.75, 3.05) is 29.0 Å². The number of hydrogen-bond acceptors (Lipinski definition) is 6. The molecule has 0 bridgehead atoms. The Hall–Kier alpha value is -3.55. The van der Waals surface area contributed by atoms with Gasteiger partial charge in [0.15, 0.2) is 11.5 Å². The number of nitrogens with zero attached hydrogens (tertiary/aromatic N) is 4. The molecule has 3 N–H and O–H groups in total. The molecule has 29 heavy (non-hydrogen) atoms. The van der Waals surface area contributed by atoms with Crippen molar-refractivity contribution in [3.05, 3.63) is 60.4 Å². The van der Waals surface area contributed by atoms with Crippen molar-refractivity contribution in [3.63, 3.8) is 0 Å². The zero-order valence-corrected chi connectivity index (χ0v) is 15.8. The van der Waals surface area contributed by atoms with Crippen LogP contribution in [0.15, 0.2) is 48.9 Å². The molecule has 0 aromatic carbocycles. The van der Waals surface area contributed by atoms with Crippen molar-refractivity contribution < 1.29 is 9.18 Å².